The second kappa shape index (κ2) is 12.9. The van der Waals surface area contributed by atoms with Crippen LogP contribution < -0.4 is 5.32 Å². The normalized spacial score (nSPS) is 19.0. The van der Waals surface area contributed by atoms with Gasteiger partial charge in [-0.1, -0.05) is 17.8 Å². The number of amidine groups is 1. The fourth-order valence-corrected chi connectivity index (χ4v) is 6.95. The number of halogens is 1. The molecular weight excluding hydrogens is 569 g/mol. The summed E-state index contributed by atoms with van der Waals surface area (Å²) in [6.45, 7) is 1.61. The lowest BCUT2D eigenvalue weighted by Gasteiger charge is -2.26. The van der Waals surface area contributed by atoms with E-state index in [0.29, 0.717) is 55.8 Å². The molecule has 1 atom stereocenters. The van der Waals surface area contributed by atoms with Crippen LogP contribution in [0.1, 0.15) is 12.1 Å². The number of carbonyl (C=O) groups is 2. The highest BCUT2D eigenvalue weighted by atomic mass is 32.2. The van der Waals surface area contributed by atoms with Gasteiger partial charge in [0, 0.05) is 50.1 Å². The van der Waals surface area contributed by atoms with Gasteiger partial charge in [-0.3, -0.25) is 19.5 Å². The van der Waals surface area contributed by atoms with Gasteiger partial charge in [0.05, 0.1) is 23.8 Å². The van der Waals surface area contributed by atoms with Crippen molar-refractivity contribution in [1.29, 1.82) is 0 Å². The van der Waals surface area contributed by atoms with Gasteiger partial charge in [0.25, 0.3) is 0 Å². The number of thioether (sulfide) groups is 1. The van der Waals surface area contributed by atoms with Gasteiger partial charge in [-0.05, 0) is 60.7 Å². The van der Waals surface area contributed by atoms with Crippen LogP contribution in [0, 0.1) is 5.82 Å². The highest BCUT2D eigenvalue weighted by molar-refractivity contribution is 8.15. The molecule has 2 saturated heterocycles. The Kier molecular flexibility index (Phi) is 9.08. The van der Waals surface area contributed by atoms with E-state index < -0.39 is 21.1 Å². The highest BCUT2D eigenvalue weighted by Gasteiger charge is 2.39. The number of anilines is 1. The Morgan fingerprint density at radius 1 is 1.07 bits per heavy atom. The predicted octanol–water partition coefficient (Wildman–Crippen LogP) is 3.44. The van der Waals surface area contributed by atoms with Gasteiger partial charge in [-0.2, -0.15) is 4.31 Å². The Hall–Kier alpha value is -3.65. The first-order valence-electron chi connectivity index (χ1n) is 13.0. The maximum absolute atomic E-state index is 13.4. The highest BCUT2D eigenvalue weighted by Crippen LogP contribution is 2.32. The number of hydrogen-bond acceptors (Lipinski definition) is 8. The molecule has 2 aliphatic rings. The van der Waals surface area contributed by atoms with Gasteiger partial charge in [0.2, 0.25) is 21.8 Å². The third kappa shape index (κ3) is 7.17. The van der Waals surface area contributed by atoms with E-state index in [9.17, 15) is 22.4 Å². The maximum atomic E-state index is 13.4. The number of pyridine rings is 1. The SMILES string of the molecule is O=C(C[C@@H]1SC(=Nc2ccc(S(=O)(=O)N3CCOCC3)cc2)N(CCc2ccccn2)C1=O)Nc1ccc(F)cc1. The van der Waals surface area contributed by atoms with Gasteiger partial charge in [0.1, 0.15) is 11.1 Å². The summed E-state index contributed by atoms with van der Waals surface area (Å²) in [6, 6.07) is 17.1. The average molecular weight is 598 g/mol. The summed E-state index contributed by atoms with van der Waals surface area (Å²) in [4.78, 5) is 36.8. The molecule has 1 aromatic heterocycles. The molecule has 41 heavy (non-hydrogen) atoms. The summed E-state index contributed by atoms with van der Waals surface area (Å²) in [5.74, 6) is -1.06. The molecule has 0 saturated carbocycles. The smallest absolute Gasteiger partial charge is 0.243 e. The molecule has 10 nitrogen and oxygen atoms in total. The first kappa shape index (κ1) is 28.9. The number of amides is 2. The molecule has 0 spiro atoms. The molecule has 13 heteroatoms. The van der Waals surface area contributed by atoms with Crippen LogP contribution >= 0.6 is 11.8 Å². The van der Waals surface area contributed by atoms with E-state index in [1.165, 1.54) is 57.4 Å². The zero-order valence-electron chi connectivity index (χ0n) is 22.0. The van der Waals surface area contributed by atoms with Gasteiger partial charge < -0.3 is 10.1 Å². The monoisotopic (exact) mass is 597 g/mol. The summed E-state index contributed by atoms with van der Waals surface area (Å²) in [5, 5.41) is 2.39. The second-order valence-corrected chi connectivity index (χ2v) is 12.4. The number of aliphatic imine (C=N–C) groups is 1. The van der Waals surface area contributed by atoms with Crippen molar-refractivity contribution in [2.75, 3.05) is 38.2 Å². The van der Waals surface area contributed by atoms with E-state index in [4.69, 9.17) is 4.74 Å². The molecule has 3 aromatic rings. The molecule has 0 unspecified atom stereocenters. The maximum Gasteiger partial charge on any atom is 0.243 e. The molecule has 3 heterocycles. The minimum atomic E-state index is -3.65. The number of ether oxygens (including phenoxy) is 1. The van der Waals surface area contributed by atoms with Crippen molar-refractivity contribution in [3.8, 4) is 0 Å². The van der Waals surface area contributed by atoms with Crippen molar-refractivity contribution in [2.45, 2.75) is 23.0 Å². The zero-order chi connectivity index (χ0) is 28.8. The topological polar surface area (TPSA) is 121 Å². The number of morpholine rings is 1. The first-order valence-corrected chi connectivity index (χ1v) is 15.3. The molecule has 2 aromatic carbocycles. The van der Waals surface area contributed by atoms with Crippen LogP contribution in [-0.2, 0) is 30.8 Å². The third-order valence-electron chi connectivity index (χ3n) is 6.51. The minimum absolute atomic E-state index is 0.100. The van der Waals surface area contributed by atoms with Gasteiger partial charge in [-0.15, -0.1) is 0 Å². The van der Waals surface area contributed by atoms with Crippen molar-refractivity contribution >= 4 is 50.1 Å². The molecule has 0 aliphatic carbocycles. The summed E-state index contributed by atoms with van der Waals surface area (Å²) >= 11 is 1.18. The van der Waals surface area contributed by atoms with Crippen LogP contribution in [0.4, 0.5) is 15.8 Å². The van der Waals surface area contributed by atoms with E-state index in [1.54, 1.807) is 18.3 Å². The van der Waals surface area contributed by atoms with E-state index in [1.807, 2.05) is 18.2 Å². The Labute approximate surface area is 241 Å². The molecular formula is C28H28FN5O5S2. The average Bonchev–Trinajstić information content (AvgIpc) is 3.27. The summed E-state index contributed by atoms with van der Waals surface area (Å²) in [5.41, 5.74) is 1.71. The quantitative estimate of drug-likeness (QED) is 0.401. The van der Waals surface area contributed by atoms with E-state index in [2.05, 4.69) is 15.3 Å². The number of benzene rings is 2. The summed E-state index contributed by atoms with van der Waals surface area (Å²) in [6.07, 6.45) is 2.06. The zero-order valence-corrected chi connectivity index (χ0v) is 23.6. The molecule has 0 bridgehead atoms. The van der Waals surface area contributed by atoms with Crippen molar-refractivity contribution in [3.05, 3.63) is 84.4 Å². The van der Waals surface area contributed by atoms with Crippen LogP contribution in [0.5, 0.6) is 0 Å². The van der Waals surface area contributed by atoms with Crippen LogP contribution in [0.15, 0.2) is 82.8 Å². The van der Waals surface area contributed by atoms with Crippen molar-refractivity contribution < 1.29 is 27.1 Å². The molecule has 2 aliphatic heterocycles. The summed E-state index contributed by atoms with van der Waals surface area (Å²) in [7, 11) is -3.65. The van der Waals surface area contributed by atoms with Crippen LogP contribution in [0.2, 0.25) is 0 Å². The third-order valence-corrected chi connectivity index (χ3v) is 9.59. The lowest BCUT2D eigenvalue weighted by molar-refractivity contribution is -0.128. The summed E-state index contributed by atoms with van der Waals surface area (Å²) < 4.78 is 45.8. The number of hydrogen-bond donors (Lipinski definition) is 1. The number of aromatic nitrogens is 1. The van der Waals surface area contributed by atoms with Gasteiger partial charge >= 0.3 is 0 Å². The molecule has 0 radical (unpaired) electrons. The molecule has 5 rings (SSSR count). The number of sulfonamides is 1. The van der Waals surface area contributed by atoms with Gasteiger partial charge in [-0.25, -0.2) is 17.8 Å². The predicted molar refractivity (Wildman–Crippen MR) is 154 cm³/mol. The Balaban J connectivity index is 1.33. The minimum Gasteiger partial charge on any atom is -0.379 e. The second-order valence-electron chi connectivity index (χ2n) is 9.33. The Morgan fingerprint density at radius 2 is 1.80 bits per heavy atom. The van der Waals surface area contributed by atoms with Gasteiger partial charge in [0.15, 0.2) is 5.17 Å². The van der Waals surface area contributed by atoms with E-state index in [0.717, 1.165) is 5.69 Å². The lowest BCUT2D eigenvalue weighted by atomic mass is 10.2. The molecule has 2 amide bonds. The van der Waals surface area contributed by atoms with E-state index in [-0.39, 0.29) is 23.1 Å². The lowest BCUT2D eigenvalue weighted by Crippen LogP contribution is -2.40. The molecule has 2 fully saturated rings. The number of nitrogens with one attached hydrogen (secondary N) is 1. The molecule has 1 N–H and O–H groups in total. The number of rotatable bonds is 9. The van der Waals surface area contributed by atoms with E-state index >= 15 is 0 Å². The first-order chi connectivity index (χ1) is 19.8. The Bertz CT molecular complexity index is 1510. The fourth-order valence-electron chi connectivity index (χ4n) is 4.36. The van der Waals surface area contributed by atoms with Crippen molar-refractivity contribution in [3.63, 3.8) is 0 Å². The largest absolute Gasteiger partial charge is 0.379 e. The van der Waals surface area contributed by atoms with Crippen LogP contribution in [-0.4, -0.2) is 77.7 Å². The standard InChI is InChI=1S/C28H28FN5O5S2/c29-20-4-6-22(7-5-20)31-26(35)19-25-27(36)34(14-12-21-3-1-2-13-30-21)28(40-25)32-23-8-10-24(11-9-23)41(37,38)33-15-17-39-18-16-33/h1-11,13,25H,12,14-19H2,(H,31,35)/t25-/m0/s1. The Morgan fingerprint density at radius 3 is 2.49 bits per heavy atom. The number of nitrogens with zero attached hydrogens (tertiary/aromatic N) is 4. The van der Waals surface area contributed by atoms with Crippen LogP contribution in [0.25, 0.3) is 0 Å². The fraction of sp³-hybridized carbons (Fsp3) is 0.286. The number of carbonyl (C=O) groups excluding carboxylic acids is 2. The van der Waals surface area contributed by atoms with Crippen LogP contribution in [0.3, 0.4) is 0 Å². The molecule has 214 valence electrons. The van der Waals surface area contributed by atoms with Crippen molar-refractivity contribution in [1.82, 2.24) is 14.2 Å². The van der Waals surface area contributed by atoms with Crippen molar-refractivity contribution in [2.24, 2.45) is 4.99 Å².